The molecule has 0 radical (unpaired) electrons. The van der Waals surface area contributed by atoms with Crippen molar-refractivity contribution in [2.45, 2.75) is 13.0 Å². The lowest BCUT2D eigenvalue weighted by molar-refractivity contribution is -0.384. The van der Waals surface area contributed by atoms with E-state index >= 15 is 0 Å². The van der Waals surface area contributed by atoms with Gasteiger partial charge >= 0.3 is 0 Å². The van der Waals surface area contributed by atoms with Crippen molar-refractivity contribution < 1.29 is 4.92 Å². The molecule has 2 aromatic carbocycles. The lowest BCUT2D eigenvalue weighted by atomic mass is 10.1. The Labute approximate surface area is 138 Å². The Morgan fingerprint density at radius 1 is 1.21 bits per heavy atom. The molecule has 3 rings (SSSR count). The molecule has 6 nitrogen and oxygen atoms in total. The molecule has 3 aromatic rings. The molecular formula is C18H14N4O2. The van der Waals surface area contributed by atoms with Crippen LogP contribution in [-0.4, -0.2) is 9.91 Å². The fourth-order valence-electron chi connectivity index (χ4n) is 2.54. The number of hydrogen-bond donors (Lipinski definition) is 1. The molecule has 0 aliphatic rings. The standard InChI is InChI=1S/C18H14N4O2/c1-12(13-5-3-2-4-6-13)20-18-9-14(11-19)16-10-15(22(23)24)7-8-17(16)21-18/h2-10,12H,1H3,(H,20,21)/t12-/m1/s1. The maximum Gasteiger partial charge on any atom is 0.270 e. The number of benzene rings is 2. The fourth-order valence-corrected chi connectivity index (χ4v) is 2.54. The van der Waals surface area contributed by atoms with E-state index in [0.717, 1.165) is 5.56 Å². The van der Waals surface area contributed by atoms with Gasteiger partial charge in [0.15, 0.2) is 0 Å². The molecule has 0 bridgehead atoms. The van der Waals surface area contributed by atoms with Gasteiger partial charge in [-0.05, 0) is 24.6 Å². The molecule has 1 heterocycles. The van der Waals surface area contributed by atoms with Gasteiger partial charge in [-0.2, -0.15) is 5.26 Å². The predicted octanol–water partition coefficient (Wildman–Crippen LogP) is 4.19. The van der Waals surface area contributed by atoms with E-state index in [0.29, 0.717) is 22.3 Å². The minimum atomic E-state index is -0.482. The van der Waals surface area contributed by atoms with Gasteiger partial charge in [-0.15, -0.1) is 0 Å². The zero-order valence-electron chi connectivity index (χ0n) is 12.9. The lowest BCUT2D eigenvalue weighted by Crippen LogP contribution is -2.08. The monoisotopic (exact) mass is 318 g/mol. The van der Waals surface area contributed by atoms with Gasteiger partial charge in [-0.3, -0.25) is 10.1 Å². The van der Waals surface area contributed by atoms with Crippen molar-refractivity contribution in [1.82, 2.24) is 4.98 Å². The summed E-state index contributed by atoms with van der Waals surface area (Å²) >= 11 is 0. The van der Waals surface area contributed by atoms with E-state index in [1.165, 1.54) is 12.1 Å². The van der Waals surface area contributed by atoms with E-state index in [1.54, 1.807) is 12.1 Å². The summed E-state index contributed by atoms with van der Waals surface area (Å²) in [6.45, 7) is 2.00. The van der Waals surface area contributed by atoms with Gasteiger partial charge in [0.05, 0.1) is 22.1 Å². The number of rotatable bonds is 4. The summed E-state index contributed by atoms with van der Waals surface area (Å²) in [6, 6.07) is 17.9. The highest BCUT2D eigenvalue weighted by atomic mass is 16.6. The second-order valence-electron chi connectivity index (χ2n) is 5.40. The van der Waals surface area contributed by atoms with Gasteiger partial charge in [0.1, 0.15) is 5.82 Å². The molecular weight excluding hydrogens is 304 g/mol. The van der Waals surface area contributed by atoms with Gasteiger partial charge in [-0.1, -0.05) is 30.3 Å². The Balaban J connectivity index is 2.00. The molecule has 1 atom stereocenters. The van der Waals surface area contributed by atoms with Crippen LogP contribution >= 0.6 is 0 Å². The van der Waals surface area contributed by atoms with E-state index in [2.05, 4.69) is 16.4 Å². The smallest absolute Gasteiger partial charge is 0.270 e. The molecule has 0 unspecified atom stereocenters. The second-order valence-corrected chi connectivity index (χ2v) is 5.40. The number of nitrogens with zero attached hydrogens (tertiary/aromatic N) is 3. The van der Waals surface area contributed by atoms with Crippen LogP contribution in [-0.2, 0) is 0 Å². The molecule has 0 amide bonds. The van der Waals surface area contributed by atoms with Gasteiger partial charge in [-0.25, -0.2) is 4.98 Å². The zero-order chi connectivity index (χ0) is 17.1. The van der Waals surface area contributed by atoms with E-state index in [9.17, 15) is 15.4 Å². The highest BCUT2D eigenvalue weighted by Gasteiger charge is 2.13. The van der Waals surface area contributed by atoms with E-state index in [4.69, 9.17) is 0 Å². The van der Waals surface area contributed by atoms with Crippen LogP contribution in [0.25, 0.3) is 10.9 Å². The van der Waals surface area contributed by atoms with Gasteiger partial charge in [0, 0.05) is 23.6 Å². The van der Waals surface area contributed by atoms with E-state index < -0.39 is 4.92 Å². The van der Waals surface area contributed by atoms with Crippen LogP contribution in [0, 0.1) is 21.4 Å². The number of nitriles is 1. The molecule has 118 valence electrons. The van der Waals surface area contributed by atoms with Crippen molar-refractivity contribution in [3.05, 3.63) is 75.8 Å². The molecule has 0 saturated heterocycles. The highest BCUT2D eigenvalue weighted by molar-refractivity contribution is 5.88. The fraction of sp³-hybridized carbons (Fsp3) is 0.111. The Morgan fingerprint density at radius 3 is 2.62 bits per heavy atom. The number of non-ortho nitro benzene ring substituents is 1. The third kappa shape index (κ3) is 3.01. The summed E-state index contributed by atoms with van der Waals surface area (Å²) in [5.41, 5.74) is 1.94. The summed E-state index contributed by atoms with van der Waals surface area (Å²) in [4.78, 5) is 14.9. The molecule has 24 heavy (non-hydrogen) atoms. The van der Waals surface area contributed by atoms with Crippen molar-refractivity contribution in [3.63, 3.8) is 0 Å². The minimum absolute atomic E-state index is 0.0146. The molecule has 1 aromatic heterocycles. The average Bonchev–Trinajstić information content (AvgIpc) is 2.61. The number of nitrogens with one attached hydrogen (secondary N) is 1. The van der Waals surface area contributed by atoms with Crippen LogP contribution in [0.2, 0.25) is 0 Å². The van der Waals surface area contributed by atoms with Gasteiger partial charge in [0.25, 0.3) is 5.69 Å². The third-order valence-electron chi connectivity index (χ3n) is 3.79. The Hall–Kier alpha value is -3.46. The third-order valence-corrected chi connectivity index (χ3v) is 3.79. The van der Waals surface area contributed by atoms with Crippen LogP contribution < -0.4 is 5.32 Å². The first-order valence-corrected chi connectivity index (χ1v) is 7.39. The molecule has 0 aliphatic carbocycles. The van der Waals surface area contributed by atoms with Gasteiger partial charge in [0.2, 0.25) is 0 Å². The molecule has 0 saturated carbocycles. The predicted molar refractivity (Wildman–Crippen MR) is 91.6 cm³/mol. The Kier molecular flexibility index (Phi) is 4.08. The SMILES string of the molecule is C[C@@H](Nc1cc(C#N)c2cc([N+](=O)[O-])ccc2n1)c1ccccc1. The Bertz CT molecular complexity index is 948. The first kappa shape index (κ1) is 15.4. The lowest BCUT2D eigenvalue weighted by Gasteiger charge is -2.15. The topological polar surface area (TPSA) is 91.8 Å². The maximum absolute atomic E-state index is 10.9. The van der Waals surface area contributed by atoms with Crippen LogP contribution in [0.3, 0.4) is 0 Å². The van der Waals surface area contributed by atoms with Crippen LogP contribution in [0.1, 0.15) is 24.1 Å². The number of aromatic nitrogens is 1. The van der Waals surface area contributed by atoms with Crippen molar-refractivity contribution in [3.8, 4) is 6.07 Å². The summed E-state index contributed by atoms with van der Waals surface area (Å²) in [5, 5.41) is 24.0. The second kappa shape index (κ2) is 6.34. The van der Waals surface area contributed by atoms with E-state index in [-0.39, 0.29) is 11.7 Å². The quantitative estimate of drug-likeness (QED) is 0.575. The summed E-state index contributed by atoms with van der Waals surface area (Å²) in [6.07, 6.45) is 0. The van der Waals surface area contributed by atoms with Crippen LogP contribution in [0.5, 0.6) is 0 Å². The normalized spacial score (nSPS) is 11.7. The largest absolute Gasteiger partial charge is 0.363 e. The first-order valence-electron chi connectivity index (χ1n) is 7.39. The molecule has 1 N–H and O–H groups in total. The summed E-state index contributed by atoms with van der Waals surface area (Å²) in [5.74, 6) is 0.559. The molecule has 6 heteroatoms. The zero-order valence-corrected chi connectivity index (χ0v) is 12.9. The number of hydrogen-bond acceptors (Lipinski definition) is 5. The van der Waals surface area contributed by atoms with Crippen LogP contribution in [0.4, 0.5) is 11.5 Å². The number of nitro benzene ring substituents is 1. The molecule has 0 spiro atoms. The van der Waals surface area contributed by atoms with Crippen molar-refractivity contribution in [2.24, 2.45) is 0 Å². The molecule has 0 fully saturated rings. The van der Waals surface area contributed by atoms with Crippen LogP contribution in [0.15, 0.2) is 54.6 Å². The van der Waals surface area contributed by atoms with Gasteiger partial charge < -0.3 is 5.32 Å². The highest BCUT2D eigenvalue weighted by Crippen LogP contribution is 2.26. The number of pyridine rings is 1. The first-order chi connectivity index (χ1) is 11.6. The van der Waals surface area contributed by atoms with Crippen molar-refractivity contribution in [2.75, 3.05) is 5.32 Å². The number of fused-ring (bicyclic) bond motifs is 1. The minimum Gasteiger partial charge on any atom is -0.363 e. The number of nitro groups is 1. The summed E-state index contributed by atoms with van der Waals surface area (Å²) < 4.78 is 0. The Morgan fingerprint density at radius 2 is 1.96 bits per heavy atom. The molecule has 0 aliphatic heterocycles. The number of anilines is 1. The average molecular weight is 318 g/mol. The summed E-state index contributed by atoms with van der Waals surface area (Å²) in [7, 11) is 0. The van der Waals surface area contributed by atoms with Crippen molar-refractivity contribution >= 4 is 22.4 Å². The van der Waals surface area contributed by atoms with E-state index in [1.807, 2.05) is 37.3 Å². The van der Waals surface area contributed by atoms with Crippen molar-refractivity contribution in [1.29, 1.82) is 5.26 Å². The maximum atomic E-state index is 10.9.